The van der Waals surface area contributed by atoms with Gasteiger partial charge in [0.2, 0.25) is 0 Å². The van der Waals surface area contributed by atoms with Gasteiger partial charge < -0.3 is 4.74 Å². The minimum Gasteiger partial charge on any atom is -0.463 e. The van der Waals surface area contributed by atoms with Crippen LogP contribution >= 0.6 is 0 Å². The summed E-state index contributed by atoms with van der Waals surface area (Å²) >= 11 is 0. The van der Waals surface area contributed by atoms with Crippen LogP contribution in [0.2, 0.25) is 0 Å². The molecule has 0 bridgehead atoms. The number of ether oxygens (including phenoxy) is 1. The third-order valence-electron chi connectivity index (χ3n) is 12.8. The van der Waals surface area contributed by atoms with Gasteiger partial charge in [0.15, 0.2) is 0 Å². The number of aryl methyl sites for hydroxylation is 1. The van der Waals surface area contributed by atoms with Crippen molar-refractivity contribution in [3.05, 3.63) is 167 Å². The molecule has 0 aliphatic heterocycles. The summed E-state index contributed by atoms with van der Waals surface area (Å²) in [5.74, 6) is -0.366. The molecular weight excluding hydrogens is 681 g/mol. The number of carbonyl (C=O) groups is 1. The summed E-state index contributed by atoms with van der Waals surface area (Å²) in [5, 5.41) is 5.09. The normalized spacial score (nSPS) is 14.6. The maximum absolute atomic E-state index is 11.5. The number of esters is 1. The fourth-order valence-corrected chi connectivity index (χ4v) is 9.71. The van der Waals surface area contributed by atoms with Crippen LogP contribution in [0.3, 0.4) is 0 Å². The maximum Gasteiger partial charge on any atom is 0.330 e. The summed E-state index contributed by atoms with van der Waals surface area (Å²) in [6.07, 6.45) is 2.85. The number of hydrogen-bond acceptors (Lipinski definition) is 2. The van der Waals surface area contributed by atoms with Crippen molar-refractivity contribution in [3.63, 3.8) is 0 Å². The molecular formula is C54H50O2. The van der Waals surface area contributed by atoms with Crippen molar-refractivity contribution in [2.75, 3.05) is 6.61 Å². The lowest BCUT2D eigenvalue weighted by atomic mass is 9.78. The zero-order chi connectivity index (χ0) is 39.1. The van der Waals surface area contributed by atoms with Gasteiger partial charge in [0.25, 0.3) is 0 Å². The van der Waals surface area contributed by atoms with E-state index in [2.05, 4.69) is 176 Å². The topological polar surface area (TPSA) is 26.3 Å². The molecule has 0 saturated carbocycles. The third kappa shape index (κ3) is 5.56. The highest BCUT2D eigenvalue weighted by Gasteiger charge is 2.38. The number of rotatable bonds is 7. The highest BCUT2D eigenvalue weighted by atomic mass is 16.5. The van der Waals surface area contributed by atoms with Crippen molar-refractivity contribution >= 4 is 27.5 Å². The SMILES string of the molecule is C=CC(=O)OCCCc1ccc2c(c1)C(C)(C)c1cc(-c3c4ccccc4c(-c4ccc5c(c4)C(C)(C)c4cc(C(C)(C)C)ccc4-5)c4ccccc34)ccc1-2. The Morgan fingerprint density at radius 1 is 0.589 bits per heavy atom. The molecule has 0 heterocycles. The van der Waals surface area contributed by atoms with Gasteiger partial charge in [-0.1, -0.05) is 164 Å². The standard InChI is InChI=1S/C54H50O2/c1-9-49(55)56-28-14-15-33-20-24-37-38-25-21-34(30-46(38)53(5,6)45(37)29-33)50-41-16-10-12-18-43(41)51(44-19-13-11-17-42(44)50)35-22-26-39-40-27-23-36(52(2,3)4)32-48(40)54(7,8)47(39)31-35/h9-13,16-27,29-32H,1,14-15,28H2,2-8H3. The monoisotopic (exact) mass is 730 g/mol. The van der Waals surface area contributed by atoms with Gasteiger partial charge in [0.05, 0.1) is 6.61 Å². The molecule has 2 heteroatoms. The van der Waals surface area contributed by atoms with E-state index in [9.17, 15) is 4.79 Å². The summed E-state index contributed by atoms with van der Waals surface area (Å²) in [5.41, 5.74) is 18.4. The second kappa shape index (κ2) is 12.9. The summed E-state index contributed by atoms with van der Waals surface area (Å²) in [7, 11) is 0. The molecule has 0 radical (unpaired) electrons. The van der Waals surface area contributed by atoms with Gasteiger partial charge in [-0.05, 0) is 130 Å². The van der Waals surface area contributed by atoms with Crippen molar-refractivity contribution in [1.82, 2.24) is 0 Å². The fourth-order valence-electron chi connectivity index (χ4n) is 9.71. The fraction of sp³-hybridized carbons (Fsp3) is 0.241. The Hall–Kier alpha value is -5.73. The average Bonchev–Trinajstić information content (AvgIpc) is 3.56. The summed E-state index contributed by atoms with van der Waals surface area (Å²) in [4.78, 5) is 11.5. The summed E-state index contributed by atoms with van der Waals surface area (Å²) in [6, 6.07) is 46.4. The van der Waals surface area contributed by atoms with Crippen molar-refractivity contribution in [1.29, 1.82) is 0 Å². The van der Waals surface area contributed by atoms with E-state index in [0.29, 0.717) is 6.61 Å². The van der Waals surface area contributed by atoms with Crippen LogP contribution in [0.25, 0.3) is 66.1 Å². The van der Waals surface area contributed by atoms with E-state index in [1.807, 2.05) is 0 Å². The van der Waals surface area contributed by atoms with E-state index < -0.39 is 0 Å². The van der Waals surface area contributed by atoms with Crippen LogP contribution in [0.5, 0.6) is 0 Å². The first-order valence-electron chi connectivity index (χ1n) is 20.1. The molecule has 0 atom stereocenters. The highest BCUT2D eigenvalue weighted by Crippen LogP contribution is 2.54. The van der Waals surface area contributed by atoms with E-state index in [1.165, 1.54) is 106 Å². The molecule has 9 rings (SSSR count). The number of fused-ring (bicyclic) bond motifs is 8. The first-order valence-corrected chi connectivity index (χ1v) is 20.1. The lowest BCUT2D eigenvalue weighted by molar-refractivity contribution is -0.137. The lowest BCUT2D eigenvalue weighted by Gasteiger charge is -2.26. The molecule has 2 nitrogen and oxygen atoms in total. The van der Waals surface area contributed by atoms with E-state index in [1.54, 1.807) is 0 Å². The predicted octanol–water partition coefficient (Wildman–Crippen LogP) is 13.9. The lowest BCUT2D eigenvalue weighted by Crippen LogP contribution is -2.17. The van der Waals surface area contributed by atoms with Crippen LogP contribution in [0.1, 0.15) is 88.3 Å². The second-order valence-electron chi connectivity index (χ2n) is 18.0. The minimum atomic E-state index is -0.366. The van der Waals surface area contributed by atoms with Crippen molar-refractivity contribution in [3.8, 4) is 44.5 Å². The Labute approximate surface area is 331 Å². The molecule has 0 N–H and O–H groups in total. The van der Waals surface area contributed by atoms with E-state index in [-0.39, 0.29) is 22.2 Å². The van der Waals surface area contributed by atoms with Gasteiger partial charge in [0.1, 0.15) is 0 Å². The predicted molar refractivity (Wildman–Crippen MR) is 236 cm³/mol. The van der Waals surface area contributed by atoms with Crippen LogP contribution < -0.4 is 0 Å². The first-order chi connectivity index (χ1) is 26.8. The van der Waals surface area contributed by atoms with Crippen LogP contribution in [0.15, 0.2) is 134 Å². The summed E-state index contributed by atoms with van der Waals surface area (Å²) < 4.78 is 5.24. The van der Waals surface area contributed by atoms with E-state index in [4.69, 9.17) is 4.74 Å². The molecule has 0 spiro atoms. The molecule has 0 saturated heterocycles. The van der Waals surface area contributed by atoms with Gasteiger partial charge >= 0.3 is 5.97 Å². The van der Waals surface area contributed by atoms with Crippen LogP contribution in [0, 0.1) is 0 Å². The van der Waals surface area contributed by atoms with Gasteiger partial charge in [-0.25, -0.2) is 4.79 Å². The Balaban J connectivity index is 1.15. The molecule has 56 heavy (non-hydrogen) atoms. The van der Waals surface area contributed by atoms with Gasteiger partial charge in [0, 0.05) is 16.9 Å². The van der Waals surface area contributed by atoms with Gasteiger partial charge in [-0.2, -0.15) is 0 Å². The van der Waals surface area contributed by atoms with Gasteiger partial charge in [-0.15, -0.1) is 0 Å². The maximum atomic E-state index is 11.5. The Kier molecular flexibility index (Phi) is 8.29. The summed E-state index contributed by atoms with van der Waals surface area (Å²) in [6.45, 7) is 20.3. The Morgan fingerprint density at radius 3 is 1.48 bits per heavy atom. The molecule has 0 aromatic heterocycles. The van der Waals surface area contributed by atoms with Crippen LogP contribution in [-0.4, -0.2) is 12.6 Å². The number of hydrogen-bond donors (Lipinski definition) is 0. The van der Waals surface area contributed by atoms with Gasteiger partial charge in [-0.3, -0.25) is 0 Å². The first kappa shape index (κ1) is 35.9. The van der Waals surface area contributed by atoms with Crippen molar-refractivity contribution in [2.24, 2.45) is 0 Å². The van der Waals surface area contributed by atoms with Crippen molar-refractivity contribution < 1.29 is 9.53 Å². The van der Waals surface area contributed by atoms with Crippen LogP contribution in [0.4, 0.5) is 0 Å². The Morgan fingerprint density at radius 2 is 1.02 bits per heavy atom. The zero-order valence-electron chi connectivity index (χ0n) is 33.8. The molecule has 0 fully saturated rings. The second-order valence-corrected chi connectivity index (χ2v) is 18.0. The largest absolute Gasteiger partial charge is 0.463 e. The zero-order valence-corrected chi connectivity index (χ0v) is 33.8. The smallest absolute Gasteiger partial charge is 0.330 e. The molecule has 2 aliphatic rings. The Bertz CT molecular complexity index is 2710. The molecule has 7 aromatic carbocycles. The minimum absolute atomic E-state index is 0.0955. The average molecular weight is 731 g/mol. The third-order valence-corrected chi connectivity index (χ3v) is 12.8. The molecule has 0 amide bonds. The molecule has 0 unspecified atom stereocenters. The van der Waals surface area contributed by atoms with Crippen LogP contribution in [-0.2, 0) is 32.2 Å². The molecule has 2 aliphatic carbocycles. The number of carbonyl (C=O) groups excluding carboxylic acids is 1. The quantitative estimate of drug-likeness (QED) is 0.0706. The molecule has 278 valence electrons. The molecule has 7 aromatic rings. The van der Waals surface area contributed by atoms with Crippen molar-refractivity contribution in [2.45, 2.75) is 77.6 Å². The van der Waals surface area contributed by atoms with E-state index >= 15 is 0 Å². The van der Waals surface area contributed by atoms with E-state index in [0.717, 1.165) is 12.8 Å². The number of benzene rings is 7. The highest BCUT2D eigenvalue weighted by molar-refractivity contribution is 6.21.